The first-order valence-corrected chi connectivity index (χ1v) is 10.7. The van der Waals surface area contributed by atoms with Crippen molar-refractivity contribution in [3.8, 4) is 0 Å². The van der Waals surface area contributed by atoms with Gasteiger partial charge in [0.1, 0.15) is 4.32 Å². The lowest BCUT2D eigenvalue weighted by Crippen LogP contribution is -2.31. The summed E-state index contributed by atoms with van der Waals surface area (Å²) < 4.78 is 0.419. The Balaban J connectivity index is 1.57. The molecule has 1 saturated heterocycles. The van der Waals surface area contributed by atoms with E-state index < -0.39 is 5.97 Å². The van der Waals surface area contributed by atoms with Gasteiger partial charge in [-0.1, -0.05) is 60.4 Å². The van der Waals surface area contributed by atoms with Crippen LogP contribution < -0.4 is 5.32 Å². The summed E-state index contributed by atoms with van der Waals surface area (Å²) in [5.41, 5.74) is 2.59. The van der Waals surface area contributed by atoms with Gasteiger partial charge in [0.15, 0.2) is 0 Å². The number of carbonyl (C=O) groups excluding carboxylic acids is 2. The minimum absolute atomic E-state index is 0.0687. The molecule has 1 heterocycles. The largest absolute Gasteiger partial charge is 0.478 e. The Kier molecular flexibility index (Phi) is 7.38. The van der Waals surface area contributed by atoms with E-state index in [1.807, 2.05) is 43.3 Å². The highest BCUT2D eigenvalue weighted by molar-refractivity contribution is 8.26. The topological polar surface area (TPSA) is 86.7 Å². The van der Waals surface area contributed by atoms with Crippen LogP contribution in [0.3, 0.4) is 0 Å². The number of thioether (sulfide) groups is 1. The van der Waals surface area contributed by atoms with Crippen LogP contribution in [0.5, 0.6) is 0 Å². The maximum atomic E-state index is 12.7. The van der Waals surface area contributed by atoms with Gasteiger partial charge in [-0.25, -0.2) is 4.79 Å². The van der Waals surface area contributed by atoms with Crippen molar-refractivity contribution in [3.05, 3.63) is 82.3 Å². The number of anilines is 1. The third-order valence-corrected chi connectivity index (χ3v) is 5.78. The molecule has 0 aliphatic carbocycles. The van der Waals surface area contributed by atoms with Crippen molar-refractivity contribution < 1.29 is 19.5 Å². The van der Waals surface area contributed by atoms with Crippen LogP contribution in [0.15, 0.2) is 71.2 Å². The molecule has 2 aromatic rings. The Morgan fingerprint density at radius 3 is 2.45 bits per heavy atom. The van der Waals surface area contributed by atoms with Crippen LogP contribution in [0.4, 0.5) is 5.69 Å². The van der Waals surface area contributed by atoms with E-state index in [9.17, 15) is 14.4 Å². The lowest BCUT2D eigenvalue weighted by molar-refractivity contribution is -0.122. The minimum Gasteiger partial charge on any atom is -0.478 e. The lowest BCUT2D eigenvalue weighted by atomic mass is 10.1. The highest BCUT2D eigenvalue weighted by Gasteiger charge is 2.32. The Hall–Kier alpha value is -3.23. The van der Waals surface area contributed by atoms with Gasteiger partial charge in [-0.15, -0.1) is 0 Å². The first-order valence-electron chi connectivity index (χ1n) is 9.45. The highest BCUT2D eigenvalue weighted by atomic mass is 32.2. The van der Waals surface area contributed by atoms with E-state index in [-0.39, 0.29) is 30.3 Å². The molecule has 1 aliphatic rings. The van der Waals surface area contributed by atoms with Crippen molar-refractivity contribution >= 4 is 57.8 Å². The number of carboxylic acid groups (broad SMARTS) is 1. The van der Waals surface area contributed by atoms with E-state index in [0.717, 1.165) is 11.1 Å². The molecule has 6 nitrogen and oxygen atoms in total. The average molecular weight is 453 g/mol. The molecule has 0 saturated carbocycles. The number of benzene rings is 2. The van der Waals surface area contributed by atoms with E-state index in [0.29, 0.717) is 14.9 Å². The number of carbonyl (C=O) groups is 3. The standard InChI is InChI=1S/C23H20N2O4S2/c1-15(13-16-5-3-2-4-6-16)14-19-21(27)25(23(30)31-19)12-11-20(26)24-18-9-7-17(8-10-18)22(28)29/h2-10,13-14H,11-12H2,1H3,(H,24,26)(H,28,29). The summed E-state index contributed by atoms with van der Waals surface area (Å²) in [6.07, 6.45) is 3.85. The van der Waals surface area contributed by atoms with Gasteiger partial charge >= 0.3 is 5.97 Å². The van der Waals surface area contributed by atoms with Crippen LogP contribution in [0.2, 0.25) is 0 Å². The van der Waals surface area contributed by atoms with Gasteiger partial charge in [-0.3, -0.25) is 14.5 Å². The van der Waals surface area contributed by atoms with Gasteiger partial charge in [-0.05, 0) is 48.4 Å². The van der Waals surface area contributed by atoms with E-state index in [1.165, 1.54) is 40.9 Å². The molecule has 2 amide bonds. The summed E-state index contributed by atoms with van der Waals surface area (Å²) in [6, 6.07) is 15.7. The summed E-state index contributed by atoms with van der Waals surface area (Å²) in [7, 11) is 0. The number of nitrogens with one attached hydrogen (secondary N) is 1. The molecule has 31 heavy (non-hydrogen) atoms. The summed E-state index contributed by atoms with van der Waals surface area (Å²) in [6.45, 7) is 2.09. The molecule has 8 heteroatoms. The Labute approximate surface area is 189 Å². The van der Waals surface area contributed by atoms with Crippen molar-refractivity contribution in [2.24, 2.45) is 0 Å². The second-order valence-electron chi connectivity index (χ2n) is 6.81. The van der Waals surface area contributed by atoms with Gasteiger partial charge in [0.2, 0.25) is 5.91 Å². The summed E-state index contributed by atoms with van der Waals surface area (Å²) >= 11 is 6.54. The summed E-state index contributed by atoms with van der Waals surface area (Å²) in [5, 5.41) is 11.6. The quantitative estimate of drug-likeness (QED) is 0.473. The first kappa shape index (κ1) is 22.5. The second-order valence-corrected chi connectivity index (χ2v) is 8.49. The fourth-order valence-electron chi connectivity index (χ4n) is 2.89. The molecule has 1 aliphatic heterocycles. The maximum absolute atomic E-state index is 12.7. The average Bonchev–Trinajstić information content (AvgIpc) is 3.00. The number of thiocarbonyl (C=S) groups is 1. The van der Waals surface area contributed by atoms with E-state index in [2.05, 4.69) is 5.32 Å². The van der Waals surface area contributed by atoms with Gasteiger partial charge in [0.05, 0.1) is 10.5 Å². The molecule has 158 valence electrons. The van der Waals surface area contributed by atoms with E-state index in [4.69, 9.17) is 17.3 Å². The van der Waals surface area contributed by atoms with Crippen LogP contribution in [0.1, 0.15) is 29.3 Å². The van der Waals surface area contributed by atoms with Gasteiger partial charge in [0, 0.05) is 18.7 Å². The number of allylic oxidation sites excluding steroid dienone is 2. The SMILES string of the molecule is CC(=Cc1ccccc1)C=C1SC(=S)N(CCC(=O)Nc2ccc(C(=O)O)cc2)C1=O. The number of nitrogens with zero attached hydrogens (tertiary/aromatic N) is 1. The van der Waals surface area contributed by atoms with Crippen LogP contribution >= 0.6 is 24.0 Å². The van der Waals surface area contributed by atoms with Crippen LogP contribution in [0.25, 0.3) is 6.08 Å². The predicted octanol–water partition coefficient (Wildman–Crippen LogP) is 4.56. The third-order valence-electron chi connectivity index (χ3n) is 4.40. The fraction of sp³-hybridized carbons (Fsp3) is 0.130. The first-order chi connectivity index (χ1) is 14.8. The zero-order valence-corrected chi connectivity index (χ0v) is 18.3. The Bertz CT molecular complexity index is 1080. The monoisotopic (exact) mass is 452 g/mol. The van der Waals surface area contributed by atoms with Crippen LogP contribution in [-0.4, -0.2) is 38.7 Å². The molecule has 0 unspecified atom stereocenters. The maximum Gasteiger partial charge on any atom is 0.335 e. The van der Waals surface area contributed by atoms with Crippen molar-refractivity contribution in [3.63, 3.8) is 0 Å². The molecule has 0 atom stereocenters. The molecule has 0 spiro atoms. The number of hydrogen-bond donors (Lipinski definition) is 2. The lowest BCUT2D eigenvalue weighted by Gasteiger charge is -2.14. The molecule has 0 aromatic heterocycles. The van der Waals surface area contributed by atoms with E-state index in [1.54, 1.807) is 6.08 Å². The Morgan fingerprint density at radius 1 is 1.13 bits per heavy atom. The summed E-state index contributed by atoms with van der Waals surface area (Å²) in [4.78, 5) is 37.8. The molecule has 3 rings (SSSR count). The minimum atomic E-state index is -1.03. The van der Waals surface area contributed by atoms with Gasteiger partial charge in [0.25, 0.3) is 5.91 Å². The van der Waals surface area contributed by atoms with E-state index >= 15 is 0 Å². The molecule has 2 aromatic carbocycles. The molecule has 2 N–H and O–H groups in total. The van der Waals surface area contributed by atoms with Gasteiger partial charge in [-0.2, -0.15) is 0 Å². The van der Waals surface area contributed by atoms with Crippen molar-refractivity contribution in [1.29, 1.82) is 0 Å². The van der Waals surface area contributed by atoms with Crippen molar-refractivity contribution in [2.45, 2.75) is 13.3 Å². The smallest absolute Gasteiger partial charge is 0.335 e. The molecular weight excluding hydrogens is 432 g/mol. The number of rotatable bonds is 7. The Morgan fingerprint density at radius 2 is 1.81 bits per heavy atom. The number of hydrogen-bond acceptors (Lipinski definition) is 5. The second kappa shape index (κ2) is 10.2. The zero-order chi connectivity index (χ0) is 22.4. The van der Waals surface area contributed by atoms with Gasteiger partial charge < -0.3 is 10.4 Å². The van der Waals surface area contributed by atoms with Crippen LogP contribution in [0, 0.1) is 0 Å². The molecule has 0 radical (unpaired) electrons. The number of aromatic carboxylic acids is 1. The summed E-state index contributed by atoms with van der Waals surface area (Å²) in [5.74, 6) is -1.54. The van der Waals surface area contributed by atoms with Crippen molar-refractivity contribution in [2.75, 3.05) is 11.9 Å². The molecule has 1 fully saturated rings. The third kappa shape index (κ3) is 6.13. The van der Waals surface area contributed by atoms with Crippen molar-refractivity contribution in [1.82, 2.24) is 4.90 Å². The van der Waals surface area contributed by atoms with Crippen LogP contribution in [-0.2, 0) is 9.59 Å². The fourth-order valence-corrected chi connectivity index (χ4v) is 4.24. The zero-order valence-electron chi connectivity index (χ0n) is 16.7. The molecular formula is C23H20N2O4S2. The predicted molar refractivity (Wildman–Crippen MR) is 127 cm³/mol. The number of amides is 2. The number of carboxylic acids is 1. The normalized spacial score (nSPS) is 15.5. The highest BCUT2D eigenvalue weighted by Crippen LogP contribution is 2.32. The molecule has 0 bridgehead atoms.